The molecule has 0 atom stereocenters. The van der Waals surface area contributed by atoms with Crippen LogP contribution in [0.15, 0.2) is 72.3 Å². The van der Waals surface area contributed by atoms with Gasteiger partial charge in [-0.25, -0.2) is 0 Å². The van der Waals surface area contributed by atoms with Gasteiger partial charge in [0.2, 0.25) is 0 Å². The van der Waals surface area contributed by atoms with E-state index in [0.717, 1.165) is 22.6 Å². The highest BCUT2D eigenvalue weighted by molar-refractivity contribution is 7.80. The van der Waals surface area contributed by atoms with E-state index in [1.807, 2.05) is 68.4 Å². The number of carbonyl (C=O) groups excluding carboxylic acids is 2. The summed E-state index contributed by atoms with van der Waals surface area (Å²) in [5.41, 5.74) is 4.46. The van der Waals surface area contributed by atoms with Crippen LogP contribution in [0.25, 0.3) is 11.8 Å². The summed E-state index contributed by atoms with van der Waals surface area (Å²) in [4.78, 5) is 27.0. The third kappa shape index (κ3) is 3.39. The number of thiocarbonyl (C=S) groups is 1. The number of rotatable bonds is 3. The number of benzene rings is 2. The van der Waals surface area contributed by atoms with Crippen LogP contribution in [0.2, 0.25) is 0 Å². The number of hydrogen-bond acceptors (Lipinski definition) is 3. The third-order valence-electron chi connectivity index (χ3n) is 4.90. The van der Waals surface area contributed by atoms with Crippen LogP contribution in [0.5, 0.6) is 0 Å². The number of nitrogens with one attached hydrogen (secondary N) is 1. The van der Waals surface area contributed by atoms with Crippen molar-refractivity contribution >= 4 is 40.9 Å². The lowest BCUT2D eigenvalue weighted by molar-refractivity contribution is -0.122. The molecule has 1 saturated heterocycles. The zero-order valence-electron chi connectivity index (χ0n) is 16.0. The van der Waals surface area contributed by atoms with Crippen molar-refractivity contribution in [2.24, 2.45) is 0 Å². The predicted molar refractivity (Wildman–Crippen MR) is 118 cm³/mol. The van der Waals surface area contributed by atoms with Crippen LogP contribution in [-0.2, 0) is 9.59 Å². The molecule has 0 bridgehead atoms. The van der Waals surface area contributed by atoms with Crippen molar-refractivity contribution in [1.82, 2.24) is 9.88 Å². The second-order valence-electron chi connectivity index (χ2n) is 6.79. The Bertz CT molecular complexity index is 1150. The van der Waals surface area contributed by atoms with Gasteiger partial charge in [0.25, 0.3) is 11.8 Å². The Balaban J connectivity index is 1.77. The highest BCUT2D eigenvalue weighted by Gasteiger charge is 2.34. The minimum atomic E-state index is -0.489. The molecule has 1 aromatic heterocycles. The van der Waals surface area contributed by atoms with E-state index in [1.165, 1.54) is 4.90 Å². The summed E-state index contributed by atoms with van der Waals surface area (Å²) >= 11 is 5.24. The largest absolute Gasteiger partial charge is 0.318 e. The SMILES string of the molecule is Cc1cc(/C=C2\C(=O)NC(=S)N(c3ccccc3)C2=O)c(C)n1-c1ccccc1. The molecule has 1 N–H and O–H groups in total. The Labute approximate surface area is 174 Å². The van der Waals surface area contributed by atoms with Crippen LogP contribution in [0.1, 0.15) is 17.0 Å². The molecule has 0 unspecified atom stereocenters. The normalized spacial score (nSPS) is 15.7. The van der Waals surface area contributed by atoms with Crippen molar-refractivity contribution in [3.8, 4) is 5.69 Å². The second-order valence-corrected chi connectivity index (χ2v) is 7.18. The first-order chi connectivity index (χ1) is 14.0. The monoisotopic (exact) mass is 401 g/mol. The van der Waals surface area contributed by atoms with Gasteiger partial charge in [-0.1, -0.05) is 36.4 Å². The number of aromatic nitrogens is 1. The molecule has 4 rings (SSSR count). The first-order valence-electron chi connectivity index (χ1n) is 9.18. The van der Waals surface area contributed by atoms with Crippen molar-refractivity contribution in [1.29, 1.82) is 0 Å². The molecule has 2 amide bonds. The van der Waals surface area contributed by atoms with Gasteiger partial charge in [0.05, 0.1) is 5.69 Å². The molecule has 3 aromatic rings. The molecule has 0 saturated carbocycles. The lowest BCUT2D eigenvalue weighted by atomic mass is 10.1. The zero-order chi connectivity index (χ0) is 20.5. The maximum absolute atomic E-state index is 13.1. The Hall–Kier alpha value is -3.51. The van der Waals surface area contributed by atoms with Gasteiger partial charge in [0.1, 0.15) is 5.57 Å². The molecule has 5 nitrogen and oxygen atoms in total. The van der Waals surface area contributed by atoms with E-state index < -0.39 is 11.8 Å². The van der Waals surface area contributed by atoms with E-state index in [0.29, 0.717) is 5.69 Å². The minimum Gasteiger partial charge on any atom is -0.318 e. The fraction of sp³-hybridized carbons (Fsp3) is 0.0870. The average Bonchev–Trinajstić information content (AvgIpc) is 2.99. The number of aryl methyl sites for hydroxylation is 1. The van der Waals surface area contributed by atoms with Gasteiger partial charge in [-0.2, -0.15) is 0 Å². The van der Waals surface area contributed by atoms with Gasteiger partial charge in [-0.3, -0.25) is 19.8 Å². The molecule has 0 radical (unpaired) electrons. The van der Waals surface area contributed by atoms with Gasteiger partial charge in [-0.05, 0) is 68.0 Å². The van der Waals surface area contributed by atoms with Gasteiger partial charge in [-0.15, -0.1) is 0 Å². The molecule has 29 heavy (non-hydrogen) atoms. The number of carbonyl (C=O) groups is 2. The van der Waals surface area contributed by atoms with Gasteiger partial charge in [0, 0.05) is 17.1 Å². The fourth-order valence-electron chi connectivity index (χ4n) is 3.53. The van der Waals surface area contributed by atoms with Crippen molar-refractivity contribution in [3.05, 3.63) is 89.3 Å². The van der Waals surface area contributed by atoms with E-state index >= 15 is 0 Å². The van der Waals surface area contributed by atoms with Crippen LogP contribution in [0, 0.1) is 13.8 Å². The smallest absolute Gasteiger partial charge is 0.270 e. The van der Waals surface area contributed by atoms with Crippen LogP contribution in [-0.4, -0.2) is 21.5 Å². The summed E-state index contributed by atoms with van der Waals surface area (Å²) < 4.78 is 2.09. The number of amides is 2. The van der Waals surface area contributed by atoms with Crippen molar-refractivity contribution < 1.29 is 9.59 Å². The molecule has 2 aromatic carbocycles. The third-order valence-corrected chi connectivity index (χ3v) is 5.19. The summed E-state index contributed by atoms with van der Waals surface area (Å²) in [5, 5.41) is 2.71. The second kappa shape index (κ2) is 7.48. The Morgan fingerprint density at radius 1 is 0.897 bits per heavy atom. The molecule has 0 aliphatic carbocycles. The Kier molecular flexibility index (Phi) is 4.86. The van der Waals surface area contributed by atoms with E-state index in [1.54, 1.807) is 18.2 Å². The van der Waals surface area contributed by atoms with E-state index in [2.05, 4.69) is 9.88 Å². The highest BCUT2D eigenvalue weighted by atomic mass is 32.1. The molecule has 6 heteroatoms. The van der Waals surface area contributed by atoms with Gasteiger partial charge < -0.3 is 4.57 Å². The summed E-state index contributed by atoms with van der Waals surface area (Å²) in [5.74, 6) is -0.925. The predicted octanol–water partition coefficient (Wildman–Crippen LogP) is 3.93. The molecule has 144 valence electrons. The van der Waals surface area contributed by atoms with Crippen LogP contribution in [0.3, 0.4) is 0 Å². The molecule has 1 fully saturated rings. The number of nitrogens with zero attached hydrogens (tertiary/aromatic N) is 2. The minimum absolute atomic E-state index is 0.0516. The number of anilines is 1. The lowest BCUT2D eigenvalue weighted by Gasteiger charge is -2.28. The van der Waals surface area contributed by atoms with Crippen molar-refractivity contribution in [2.45, 2.75) is 13.8 Å². The molecule has 2 heterocycles. The maximum Gasteiger partial charge on any atom is 0.270 e. The van der Waals surface area contributed by atoms with Crippen LogP contribution >= 0.6 is 12.2 Å². The van der Waals surface area contributed by atoms with Gasteiger partial charge >= 0.3 is 0 Å². The standard InChI is InChI=1S/C23H19N3O2S/c1-15-13-17(16(2)25(15)18-9-5-3-6-10-18)14-20-21(27)24-23(29)26(22(20)28)19-11-7-4-8-12-19/h3-14H,1-2H3,(H,24,27,29)/b20-14+. The van der Waals surface area contributed by atoms with E-state index in [-0.39, 0.29) is 10.7 Å². The average molecular weight is 401 g/mol. The molecule has 0 spiro atoms. The summed E-state index contributed by atoms with van der Waals surface area (Å²) in [6, 6.07) is 21.0. The first kappa shape index (κ1) is 18.8. The topological polar surface area (TPSA) is 54.3 Å². The maximum atomic E-state index is 13.1. The molecular formula is C23H19N3O2S. The Morgan fingerprint density at radius 2 is 1.48 bits per heavy atom. The van der Waals surface area contributed by atoms with Crippen molar-refractivity contribution in [3.63, 3.8) is 0 Å². The quantitative estimate of drug-likeness (QED) is 0.411. The van der Waals surface area contributed by atoms with Crippen LogP contribution < -0.4 is 10.2 Å². The first-order valence-corrected chi connectivity index (χ1v) is 9.59. The molecular weight excluding hydrogens is 382 g/mol. The Morgan fingerprint density at radius 3 is 2.10 bits per heavy atom. The highest BCUT2D eigenvalue weighted by Crippen LogP contribution is 2.25. The molecule has 1 aliphatic heterocycles. The van der Waals surface area contributed by atoms with Crippen LogP contribution in [0.4, 0.5) is 5.69 Å². The number of para-hydroxylation sites is 2. The summed E-state index contributed by atoms with van der Waals surface area (Å²) in [7, 11) is 0. The fourth-order valence-corrected chi connectivity index (χ4v) is 3.81. The number of hydrogen-bond donors (Lipinski definition) is 1. The molecule has 1 aliphatic rings. The van der Waals surface area contributed by atoms with Crippen molar-refractivity contribution in [2.75, 3.05) is 4.90 Å². The summed E-state index contributed by atoms with van der Waals surface area (Å²) in [6.07, 6.45) is 1.64. The lowest BCUT2D eigenvalue weighted by Crippen LogP contribution is -2.54. The van der Waals surface area contributed by atoms with E-state index in [9.17, 15) is 9.59 Å². The van der Waals surface area contributed by atoms with Gasteiger partial charge in [0.15, 0.2) is 5.11 Å². The summed E-state index contributed by atoms with van der Waals surface area (Å²) in [6.45, 7) is 3.97. The zero-order valence-corrected chi connectivity index (χ0v) is 16.9. The van der Waals surface area contributed by atoms with E-state index in [4.69, 9.17) is 12.2 Å².